The van der Waals surface area contributed by atoms with Gasteiger partial charge in [-0.1, -0.05) is 42.5 Å². The third-order valence-electron chi connectivity index (χ3n) is 7.01. The molecule has 0 bridgehead atoms. The first-order chi connectivity index (χ1) is 18.8. The minimum Gasteiger partial charge on any atom is -0.491 e. The molecule has 0 aromatic heterocycles. The highest BCUT2D eigenvalue weighted by Gasteiger charge is 2.31. The summed E-state index contributed by atoms with van der Waals surface area (Å²) >= 11 is 0. The van der Waals surface area contributed by atoms with Gasteiger partial charge in [0.05, 0.1) is 17.7 Å². The molecule has 0 radical (unpaired) electrons. The topological polar surface area (TPSA) is 137 Å². The Morgan fingerprint density at radius 1 is 0.923 bits per heavy atom. The summed E-state index contributed by atoms with van der Waals surface area (Å²) in [7, 11) is 0. The van der Waals surface area contributed by atoms with Gasteiger partial charge in [0.1, 0.15) is 24.4 Å². The van der Waals surface area contributed by atoms with Crippen molar-refractivity contribution in [3.8, 4) is 5.75 Å². The molecule has 10 nitrogen and oxygen atoms in total. The van der Waals surface area contributed by atoms with E-state index in [1.807, 2.05) is 30.3 Å². The first kappa shape index (κ1) is 28.1. The van der Waals surface area contributed by atoms with Crippen LogP contribution in [0.5, 0.6) is 5.75 Å². The van der Waals surface area contributed by atoms with Gasteiger partial charge in [-0.15, -0.1) is 0 Å². The van der Waals surface area contributed by atoms with Crippen LogP contribution in [-0.4, -0.2) is 77.6 Å². The monoisotopic (exact) mass is 536 g/mol. The number of carbonyl (C=O) groups excluding carboxylic acids is 4. The zero-order valence-corrected chi connectivity index (χ0v) is 22.1. The Kier molecular flexibility index (Phi) is 9.54. The number of carbonyl (C=O) groups is 4. The van der Waals surface area contributed by atoms with E-state index in [2.05, 4.69) is 16.0 Å². The van der Waals surface area contributed by atoms with E-state index in [0.29, 0.717) is 31.7 Å². The van der Waals surface area contributed by atoms with Crippen LogP contribution in [0.2, 0.25) is 0 Å². The fourth-order valence-electron chi connectivity index (χ4n) is 4.76. The number of para-hydroxylation sites is 1. The predicted octanol–water partition coefficient (Wildman–Crippen LogP) is 1.17. The van der Waals surface area contributed by atoms with E-state index in [0.717, 1.165) is 5.56 Å². The summed E-state index contributed by atoms with van der Waals surface area (Å²) in [5.41, 5.74) is 1.12. The molecule has 2 aromatic carbocycles. The molecule has 0 saturated carbocycles. The Bertz CT molecular complexity index is 1170. The van der Waals surface area contributed by atoms with E-state index in [4.69, 9.17) is 4.74 Å². The van der Waals surface area contributed by atoms with Crippen LogP contribution in [0.25, 0.3) is 0 Å². The molecule has 1 fully saturated rings. The number of benzene rings is 2. The maximum absolute atomic E-state index is 13.5. The molecule has 2 aliphatic rings. The molecule has 39 heavy (non-hydrogen) atoms. The number of aliphatic hydroxyl groups excluding tert-OH is 1. The summed E-state index contributed by atoms with van der Waals surface area (Å²) < 4.78 is 5.87. The first-order valence-corrected chi connectivity index (χ1v) is 13.4. The molecule has 0 unspecified atom stereocenters. The van der Waals surface area contributed by atoms with Gasteiger partial charge in [0.2, 0.25) is 17.7 Å². The maximum atomic E-state index is 13.5. The van der Waals surface area contributed by atoms with E-state index in [1.54, 1.807) is 36.1 Å². The number of aliphatic hydroxyl groups is 1. The average molecular weight is 537 g/mol. The Balaban J connectivity index is 1.56. The molecular weight excluding hydrogens is 500 g/mol. The fourth-order valence-corrected chi connectivity index (χ4v) is 4.76. The number of fused-ring (bicyclic) bond motifs is 1. The average Bonchev–Trinajstić information content (AvgIpc) is 2.94. The number of nitrogens with one attached hydrogen (secondary N) is 3. The van der Waals surface area contributed by atoms with Crippen molar-refractivity contribution in [1.82, 2.24) is 20.9 Å². The van der Waals surface area contributed by atoms with Gasteiger partial charge in [0.25, 0.3) is 5.91 Å². The van der Waals surface area contributed by atoms with Gasteiger partial charge in [-0.05, 0) is 43.9 Å². The highest BCUT2D eigenvalue weighted by atomic mass is 16.5. The number of amides is 4. The van der Waals surface area contributed by atoms with E-state index in [1.165, 1.54) is 0 Å². The third kappa shape index (κ3) is 7.79. The normalized spacial score (nSPS) is 23.1. The Hall–Kier alpha value is -3.92. The number of likely N-dealkylation sites (tertiary alicyclic amines) is 1. The molecule has 2 heterocycles. The van der Waals surface area contributed by atoms with Crippen LogP contribution in [0.1, 0.15) is 48.5 Å². The van der Waals surface area contributed by atoms with Crippen LogP contribution in [-0.2, 0) is 20.8 Å². The summed E-state index contributed by atoms with van der Waals surface area (Å²) in [6, 6.07) is 13.7. The number of hydrogen-bond donors (Lipinski definition) is 4. The highest BCUT2D eigenvalue weighted by molar-refractivity contribution is 6.00. The van der Waals surface area contributed by atoms with Crippen molar-refractivity contribution in [3.05, 3.63) is 65.7 Å². The zero-order valence-electron chi connectivity index (χ0n) is 22.1. The number of ether oxygens (including phenoxy) is 1. The third-order valence-corrected chi connectivity index (χ3v) is 7.01. The molecule has 208 valence electrons. The summed E-state index contributed by atoms with van der Waals surface area (Å²) in [6.07, 6.45) is 0.943. The maximum Gasteiger partial charge on any atom is 0.255 e. The van der Waals surface area contributed by atoms with Gasteiger partial charge in [-0.3, -0.25) is 19.2 Å². The minimum absolute atomic E-state index is 0.0270. The number of nitrogens with zero attached hydrogens (tertiary/aromatic N) is 1. The van der Waals surface area contributed by atoms with Crippen LogP contribution >= 0.6 is 0 Å². The lowest BCUT2D eigenvalue weighted by Crippen LogP contribution is -2.55. The van der Waals surface area contributed by atoms with Crippen molar-refractivity contribution in [1.29, 1.82) is 0 Å². The van der Waals surface area contributed by atoms with Crippen molar-refractivity contribution >= 4 is 23.6 Å². The van der Waals surface area contributed by atoms with Crippen LogP contribution in [0, 0.1) is 0 Å². The lowest BCUT2D eigenvalue weighted by molar-refractivity contribution is -0.134. The molecule has 10 heteroatoms. The summed E-state index contributed by atoms with van der Waals surface area (Å²) in [5, 5.41) is 18.2. The van der Waals surface area contributed by atoms with Gasteiger partial charge < -0.3 is 30.7 Å². The highest BCUT2D eigenvalue weighted by Crippen LogP contribution is 2.19. The van der Waals surface area contributed by atoms with Gasteiger partial charge in [0, 0.05) is 25.9 Å². The van der Waals surface area contributed by atoms with E-state index >= 15 is 0 Å². The van der Waals surface area contributed by atoms with Crippen LogP contribution in [0.15, 0.2) is 54.6 Å². The molecule has 2 aromatic rings. The zero-order chi connectivity index (χ0) is 27.8. The van der Waals surface area contributed by atoms with E-state index < -0.39 is 30.0 Å². The Morgan fingerprint density at radius 3 is 2.33 bits per heavy atom. The molecule has 2 aliphatic heterocycles. The van der Waals surface area contributed by atoms with Crippen molar-refractivity contribution in [2.45, 2.75) is 63.3 Å². The SMILES string of the molecule is C[C@H]1COc2ccccc2C(=O)N[C@@H](CCC(=O)N2CCC(O)CC2)C(=O)N[C@H](Cc2ccccc2)C(=O)N1. The molecule has 4 amide bonds. The second-order valence-electron chi connectivity index (χ2n) is 10.1. The van der Waals surface area contributed by atoms with Crippen molar-refractivity contribution in [2.24, 2.45) is 0 Å². The molecule has 4 rings (SSSR count). The number of piperidine rings is 1. The first-order valence-electron chi connectivity index (χ1n) is 13.4. The standard InChI is InChI=1S/C29H36N4O6/c1-19-18-39-25-10-6-5-9-22(25)27(36)31-23(11-12-26(35)33-15-13-21(34)14-16-33)28(37)32-24(29(38)30-19)17-20-7-3-2-4-8-20/h2-10,19,21,23-24,34H,11-18H2,1H3,(H,30,38)(H,31,36)(H,32,37)/t19-,23-,24+/m0/s1. The van der Waals surface area contributed by atoms with E-state index in [-0.39, 0.29) is 49.3 Å². The summed E-state index contributed by atoms with van der Waals surface area (Å²) in [5.74, 6) is -1.25. The van der Waals surface area contributed by atoms with Gasteiger partial charge >= 0.3 is 0 Å². The summed E-state index contributed by atoms with van der Waals surface area (Å²) in [6.45, 7) is 2.82. The fraction of sp³-hybridized carbons (Fsp3) is 0.448. The van der Waals surface area contributed by atoms with Gasteiger partial charge in [-0.2, -0.15) is 0 Å². The van der Waals surface area contributed by atoms with Gasteiger partial charge in [0.15, 0.2) is 0 Å². The number of hydrogen-bond acceptors (Lipinski definition) is 6. The minimum atomic E-state index is -1.06. The molecule has 0 spiro atoms. The Labute approximate surface area is 228 Å². The lowest BCUT2D eigenvalue weighted by atomic mass is 10.0. The molecule has 4 N–H and O–H groups in total. The quantitative estimate of drug-likeness (QED) is 0.453. The second kappa shape index (κ2) is 13.2. The van der Waals surface area contributed by atoms with Crippen molar-refractivity contribution < 1.29 is 29.0 Å². The smallest absolute Gasteiger partial charge is 0.255 e. The molecule has 1 saturated heterocycles. The lowest BCUT2D eigenvalue weighted by Gasteiger charge is -2.30. The molecule has 0 aliphatic carbocycles. The van der Waals surface area contributed by atoms with Gasteiger partial charge in [-0.25, -0.2) is 0 Å². The van der Waals surface area contributed by atoms with Crippen molar-refractivity contribution in [3.63, 3.8) is 0 Å². The number of rotatable bonds is 5. The second-order valence-corrected chi connectivity index (χ2v) is 10.1. The van der Waals surface area contributed by atoms with E-state index in [9.17, 15) is 24.3 Å². The van der Waals surface area contributed by atoms with Crippen LogP contribution < -0.4 is 20.7 Å². The van der Waals surface area contributed by atoms with Crippen molar-refractivity contribution in [2.75, 3.05) is 19.7 Å². The summed E-state index contributed by atoms with van der Waals surface area (Å²) in [4.78, 5) is 54.6. The predicted molar refractivity (Wildman–Crippen MR) is 144 cm³/mol. The van der Waals surface area contributed by atoms with Crippen LogP contribution in [0.4, 0.5) is 0 Å². The van der Waals surface area contributed by atoms with Crippen LogP contribution in [0.3, 0.4) is 0 Å². The largest absolute Gasteiger partial charge is 0.491 e. The molecular formula is C29H36N4O6. The Morgan fingerprint density at radius 2 is 1.59 bits per heavy atom. The molecule has 3 atom stereocenters.